The van der Waals surface area contributed by atoms with E-state index in [1.807, 2.05) is 61.5 Å². The van der Waals surface area contributed by atoms with Gasteiger partial charge in [-0.25, -0.2) is 4.98 Å². The second-order valence-corrected chi connectivity index (χ2v) is 8.30. The van der Waals surface area contributed by atoms with Crippen molar-refractivity contribution >= 4 is 17.5 Å². The fourth-order valence-corrected chi connectivity index (χ4v) is 3.43. The quantitative estimate of drug-likeness (QED) is 0.293. The summed E-state index contributed by atoms with van der Waals surface area (Å²) in [7, 11) is 0. The van der Waals surface area contributed by atoms with E-state index in [4.69, 9.17) is 9.47 Å². The first kappa shape index (κ1) is 24.7. The smallest absolute Gasteiger partial charge is 0.249 e. The van der Waals surface area contributed by atoms with Gasteiger partial charge in [0.25, 0.3) is 0 Å². The molecule has 3 aromatic carbocycles. The average molecular weight is 485 g/mol. The van der Waals surface area contributed by atoms with E-state index in [0.29, 0.717) is 23.7 Å². The summed E-state index contributed by atoms with van der Waals surface area (Å²) in [5.74, 6) is 0.679. The van der Waals surface area contributed by atoms with Crippen molar-refractivity contribution in [1.82, 2.24) is 15.3 Å². The molecule has 2 amide bonds. The highest BCUT2D eigenvalue weighted by Gasteiger charge is 2.22. The van der Waals surface area contributed by atoms with Crippen molar-refractivity contribution in [3.05, 3.63) is 108 Å². The molecule has 0 fully saturated rings. The van der Waals surface area contributed by atoms with E-state index in [9.17, 15) is 9.59 Å². The van der Waals surface area contributed by atoms with Gasteiger partial charge in [-0.05, 0) is 48.9 Å². The molecule has 8 nitrogen and oxygen atoms in total. The SMILES string of the molecule is Cc1ccc(Oc2ccc(NC(=O)C(COCc3ccccc3)NC(=O)Cc3cnc[nH]3)cc2)cc1. The fraction of sp³-hybridized carbons (Fsp3) is 0.179. The number of aromatic amines is 1. The van der Waals surface area contributed by atoms with Gasteiger partial charge in [-0.2, -0.15) is 0 Å². The summed E-state index contributed by atoms with van der Waals surface area (Å²) in [6.45, 7) is 2.36. The molecule has 0 radical (unpaired) electrons. The van der Waals surface area contributed by atoms with Gasteiger partial charge in [0.1, 0.15) is 17.5 Å². The molecule has 0 saturated heterocycles. The molecule has 1 unspecified atom stereocenters. The molecule has 0 aliphatic rings. The van der Waals surface area contributed by atoms with Crippen LogP contribution in [0, 0.1) is 6.92 Å². The van der Waals surface area contributed by atoms with Gasteiger partial charge in [-0.3, -0.25) is 9.59 Å². The second-order valence-electron chi connectivity index (χ2n) is 8.30. The molecule has 4 rings (SSSR count). The minimum Gasteiger partial charge on any atom is -0.457 e. The van der Waals surface area contributed by atoms with Crippen molar-refractivity contribution in [2.75, 3.05) is 11.9 Å². The first-order valence-corrected chi connectivity index (χ1v) is 11.6. The van der Waals surface area contributed by atoms with Gasteiger partial charge < -0.3 is 25.1 Å². The van der Waals surface area contributed by atoms with Gasteiger partial charge in [0.15, 0.2) is 0 Å². The number of aryl methyl sites for hydroxylation is 1. The zero-order valence-corrected chi connectivity index (χ0v) is 19.9. The molecular formula is C28H28N4O4. The maximum absolute atomic E-state index is 13.0. The van der Waals surface area contributed by atoms with E-state index in [1.165, 1.54) is 6.33 Å². The number of amides is 2. The van der Waals surface area contributed by atoms with Gasteiger partial charge in [0, 0.05) is 17.6 Å². The van der Waals surface area contributed by atoms with Crippen LogP contribution in [0.15, 0.2) is 91.4 Å². The number of nitrogens with zero attached hydrogens (tertiary/aromatic N) is 1. The number of benzene rings is 3. The lowest BCUT2D eigenvalue weighted by Crippen LogP contribution is -2.47. The number of carbonyl (C=O) groups excluding carboxylic acids is 2. The number of nitrogens with one attached hydrogen (secondary N) is 3. The number of carbonyl (C=O) groups is 2. The van der Waals surface area contributed by atoms with Gasteiger partial charge >= 0.3 is 0 Å². The lowest BCUT2D eigenvalue weighted by atomic mass is 10.2. The Labute approximate surface area is 209 Å². The molecule has 4 aromatic rings. The molecule has 3 N–H and O–H groups in total. The minimum atomic E-state index is -0.882. The minimum absolute atomic E-state index is 0.0179. The van der Waals surface area contributed by atoms with Crippen molar-refractivity contribution in [2.45, 2.75) is 26.0 Å². The molecule has 36 heavy (non-hydrogen) atoms. The van der Waals surface area contributed by atoms with Crippen LogP contribution in [0.25, 0.3) is 0 Å². The number of H-pyrrole nitrogens is 1. The maximum atomic E-state index is 13.0. The van der Waals surface area contributed by atoms with Crippen LogP contribution in [0.2, 0.25) is 0 Å². The Hall–Kier alpha value is -4.43. The first-order valence-electron chi connectivity index (χ1n) is 11.6. The van der Waals surface area contributed by atoms with Gasteiger partial charge in [0.2, 0.25) is 11.8 Å². The second kappa shape index (κ2) is 12.3. The van der Waals surface area contributed by atoms with Gasteiger partial charge in [-0.15, -0.1) is 0 Å². The molecular weight excluding hydrogens is 456 g/mol. The molecule has 0 aliphatic carbocycles. The van der Waals surface area contributed by atoms with Crippen LogP contribution < -0.4 is 15.4 Å². The van der Waals surface area contributed by atoms with Crippen molar-refractivity contribution < 1.29 is 19.1 Å². The molecule has 0 aliphatic heterocycles. The summed E-state index contributed by atoms with van der Waals surface area (Å²) in [5.41, 5.74) is 3.36. The Bertz CT molecular complexity index is 1240. The summed E-state index contributed by atoms with van der Waals surface area (Å²) in [4.78, 5) is 32.4. The van der Waals surface area contributed by atoms with Crippen molar-refractivity contribution in [3.63, 3.8) is 0 Å². The van der Waals surface area contributed by atoms with Gasteiger partial charge in [-0.1, -0.05) is 48.0 Å². The van der Waals surface area contributed by atoms with E-state index >= 15 is 0 Å². The van der Waals surface area contributed by atoms with E-state index in [-0.39, 0.29) is 24.8 Å². The van der Waals surface area contributed by atoms with E-state index in [1.54, 1.807) is 30.5 Å². The van der Waals surface area contributed by atoms with E-state index < -0.39 is 6.04 Å². The number of rotatable bonds is 11. The lowest BCUT2D eigenvalue weighted by Gasteiger charge is -2.19. The van der Waals surface area contributed by atoms with Crippen LogP contribution >= 0.6 is 0 Å². The van der Waals surface area contributed by atoms with Crippen LogP contribution in [0.4, 0.5) is 5.69 Å². The Morgan fingerprint density at radius 1 is 0.944 bits per heavy atom. The summed E-state index contributed by atoms with van der Waals surface area (Å²) in [5, 5.41) is 5.61. The third-order valence-corrected chi connectivity index (χ3v) is 5.33. The molecule has 0 spiro atoms. The van der Waals surface area contributed by atoms with Crippen LogP contribution in [0.3, 0.4) is 0 Å². The monoisotopic (exact) mass is 484 g/mol. The van der Waals surface area contributed by atoms with E-state index in [0.717, 1.165) is 16.9 Å². The summed E-state index contributed by atoms with van der Waals surface area (Å²) in [6, 6.07) is 23.5. The number of imidazole rings is 1. The molecule has 184 valence electrons. The third kappa shape index (κ3) is 7.54. The first-order chi connectivity index (χ1) is 17.5. The number of ether oxygens (including phenoxy) is 2. The Balaban J connectivity index is 1.36. The van der Waals surface area contributed by atoms with Crippen molar-refractivity contribution in [3.8, 4) is 11.5 Å². The topological polar surface area (TPSA) is 105 Å². The molecule has 0 saturated carbocycles. The largest absolute Gasteiger partial charge is 0.457 e. The van der Waals surface area contributed by atoms with Crippen LogP contribution in [-0.4, -0.2) is 34.4 Å². The number of hydrogen-bond donors (Lipinski definition) is 3. The molecule has 0 bridgehead atoms. The van der Waals surface area contributed by atoms with Crippen molar-refractivity contribution in [1.29, 1.82) is 0 Å². The molecule has 8 heteroatoms. The fourth-order valence-electron chi connectivity index (χ4n) is 3.43. The highest BCUT2D eigenvalue weighted by atomic mass is 16.5. The third-order valence-electron chi connectivity index (χ3n) is 5.33. The zero-order valence-electron chi connectivity index (χ0n) is 19.9. The predicted octanol–water partition coefficient (Wildman–Crippen LogP) is 4.39. The summed E-state index contributed by atoms with van der Waals surface area (Å²) in [6.07, 6.45) is 3.15. The normalized spacial score (nSPS) is 11.5. The molecule has 1 aromatic heterocycles. The molecule has 1 heterocycles. The number of anilines is 1. The van der Waals surface area contributed by atoms with Gasteiger partial charge in [0.05, 0.1) is 26.0 Å². The van der Waals surface area contributed by atoms with E-state index in [2.05, 4.69) is 20.6 Å². The lowest BCUT2D eigenvalue weighted by molar-refractivity contribution is -0.127. The molecule has 1 atom stereocenters. The predicted molar refractivity (Wildman–Crippen MR) is 137 cm³/mol. The summed E-state index contributed by atoms with van der Waals surface area (Å²) >= 11 is 0. The maximum Gasteiger partial charge on any atom is 0.249 e. The standard InChI is InChI=1S/C28H28N4O4/c1-20-7-11-24(12-8-20)36-25-13-9-22(10-14-25)31-28(34)26(18-35-17-21-5-3-2-4-6-21)32-27(33)15-23-16-29-19-30-23/h2-14,16,19,26H,15,17-18H2,1H3,(H,29,30)(H,31,34)(H,32,33). The highest BCUT2D eigenvalue weighted by Crippen LogP contribution is 2.23. The highest BCUT2D eigenvalue weighted by molar-refractivity contribution is 5.97. The Morgan fingerprint density at radius 3 is 2.31 bits per heavy atom. The zero-order chi connectivity index (χ0) is 25.2. The van der Waals surface area contributed by atoms with Crippen molar-refractivity contribution in [2.24, 2.45) is 0 Å². The Kier molecular flexibility index (Phi) is 8.45. The summed E-state index contributed by atoms with van der Waals surface area (Å²) < 4.78 is 11.6. The van der Waals surface area contributed by atoms with Crippen LogP contribution in [-0.2, 0) is 27.4 Å². The Morgan fingerprint density at radius 2 is 1.64 bits per heavy atom. The number of hydrogen-bond acceptors (Lipinski definition) is 5. The number of aromatic nitrogens is 2. The van der Waals surface area contributed by atoms with Crippen LogP contribution in [0.5, 0.6) is 11.5 Å². The average Bonchev–Trinajstić information content (AvgIpc) is 3.39. The van der Waals surface area contributed by atoms with Crippen LogP contribution in [0.1, 0.15) is 16.8 Å².